The van der Waals surface area contributed by atoms with Gasteiger partial charge in [-0.15, -0.1) is 11.3 Å². The third-order valence-corrected chi connectivity index (χ3v) is 4.23. The second kappa shape index (κ2) is 6.27. The molecule has 100 valence electrons. The number of aromatic nitrogens is 1. The van der Waals surface area contributed by atoms with Gasteiger partial charge in [0.25, 0.3) is 0 Å². The van der Waals surface area contributed by atoms with Crippen LogP contribution in [0.3, 0.4) is 0 Å². The molecular weight excluding hydrogens is 328 g/mol. The maximum Gasteiger partial charge on any atom is 0.335 e. The molecule has 1 heterocycles. The highest BCUT2D eigenvalue weighted by Crippen LogP contribution is 2.19. The van der Waals surface area contributed by atoms with Crippen molar-refractivity contribution >= 4 is 33.2 Å². The Morgan fingerprint density at radius 1 is 1.47 bits per heavy atom. The number of hydrogen-bond acceptors (Lipinski definition) is 4. The fourth-order valence-corrected chi connectivity index (χ4v) is 2.91. The molecule has 0 bridgehead atoms. The number of carboxylic acids is 1. The monoisotopic (exact) mass is 340 g/mol. The van der Waals surface area contributed by atoms with Crippen LogP contribution in [0.5, 0.6) is 0 Å². The van der Waals surface area contributed by atoms with Crippen LogP contribution in [0.15, 0.2) is 28.9 Å². The van der Waals surface area contributed by atoms with Crippen LogP contribution in [0.1, 0.15) is 25.8 Å². The Balaban J connectivity index is 1.94. The quantitative estimate of drug-likeness (QED) is 0.877. The van der Waals surface area contributed by atoms with Gasteiger partial charge in [0, 0.05) is 28.6 Å². The number of benzene rings is 1. The van der Waals surface area contributed by atoms with E-state index in [4.69, 9.17) is 5.11 Å². The molecule has 2 aromatic rings. The summed E-state index contributed by atoms with van der Waals surface area (Å²) in [6, 6.07) is 5.05. The third kappa shape index (κ3) is 3.86. The minimum absolute atomic E-state index is 0.286. The Morgan fingerprint density at radius 2 is 2.26 bits per heavy atom. The number of halogens is 1. The van der Waals surface area contributed by atoms with E-state index in [2.05, 4.69) is 26.2 Å². The first-order valence-corrected chi connectivity index (χ1v) is 7.31. The molecule has 1 aromatic heterocycles. The number of carbonyl (C=O) groups is 1. The summed E-state index contributed by atoms with van der Waals surface area (Å²) in [5.41, 5.74) is 1.32. The normalized spacial score (nSPS) is 10.6. The summed E-state index contributed by atoms with van der Waals surface area (Å²) in [6.07, 6.45) is 1.87. The van der Waals surface area contributed by atoms with Gasteiger partial charge in [0.1, 0.15) is 0 Å². The number of nitrogens with zero attached hydrogens (tertiary/aromatic N) is 1. The number of aryl methyl sites for hydroxylation is 1. The predicted octanol–water partition coefficient (Wildman–Crippen LogP) is 3.20. The smallest absolute Gasteiger partial charge is 0.335 e. The molecule has 0 fully saturated rings. The Hall–Kier alpha value is -1.24. The molecule has 0 aliphatic heterocycles. The van der Waals surface area contributed by atoms with Gasteiger partial charge in [0.05, 0.1) is 10.6 Å². The number of rotatable bonds is 5. The number of hydrogen-bond donors (Lipinski definition) is 2. The average molecular weight is 341 g/mol. The summed E-state index contributed by atoms with van der Waals surface area (Å²) >= 11 is 5.06. The summed E-state index contributed by atoms with van der Waals surface area (Å²) in [5, 5.41) is 13.3. The third-order valence-electron chi connectivity index (χ3n) is 2.58. The molecule has 0 unspecified atom stereocenters. The molecular formula is C13H13BrN2O2S. The molecule has 6 heteroatoms. The minimum Gasteiger partial charge on any atom is -0.478 e. The Labute approximate surface area is 123 Å². The van der Waals surface area contributed by atoms with Crippen molar-refractivity contribution in [3.05, 3.63) is 49.9 Å². The lowest BCUT2D eigenvalue weighted by Crippen LogP contribution is -2.12. The van der Waals surface area contributed by atoms with Crippen LogP contribution in [0.25, 0.3) is 0 Å². The first-order valence-electron chi connectivity index (χ1n) is 5.70. The van der Waals surface area contributed by atoms with Gasteiger partial charge in [-0.1, -0.05) is 22.0 Å². The van der Waals surface area contributed by atoms with Crippen molar-refractivity contribution in [2.24, 2.45) is 0 Å². The molecule has 19 heavy (non-hydrogen) atoms. The molecule has 0 aliphatic rings. The van der Waals surface area contributed by atoms with Crippen LogP contribution in [0.4, 0.5) is 0 Å². The van der Waals surface area contributed by atoms with Crippen molar-refractivity contribution < 1.29 is 9.90 Å². The zero-order chi connectivity index (χ0) is 13.8. The molecule has 0 atom stereocenters. The molecule has 1 aromatic carbocycles. The van der Waals surface area contributed by atoms with E-state index in [9.17, 15) is 4.79 Å². The number of thiazole rings is 1. The maximum atomic E-state index is 10.8. The standard InChI is InChI=1S/C13H13BrN2O2S/c1-8-16-7-11(19-8)6-15-5-10-3-2-9(13(17)18)4-12(10)14/h2-4,7,15H,5-6H2,1H3,(H,17,18). The van der Waals surface area contributed by atoms with Crippen molar-refractivity contribution in [2.45, 2.75) is 20.0 Å². The highest BCUT2D eigenvalue weighted by molar-refractivity contribution is 9.10. The van der Waals surface area contributed by atoms with Gasteiger partial charge < -0.3 is 10.4 Å². The van der Waals surface area contributed by atoms with Gasteiger partial charge >= 0.3 is 5.97 Å². The van der Waals surface area contributed by atoms with E-state index in [0.717, 1.165) is 21.6 Å². The van der Waals surface area contributed by atoms with Crippen molar-refractivity contribution in [3.63, 3.8) is 0 Å². The van der Waals surface area contributed by atoms with Crippen LogP contribution in [0, 0.1) is 6.92 Å². The molecule has 0 amide bonds. The van der Waals surface area contributed by atoms with Crippen LogP contribution in [0.2, 0.25) is 0 Å². The molecule has 0 aliphatic carbocycles. The van der Waals surface area contributed by atoms with Crippen LogP contribution in [-0.4, -0.2) is 16.1 Å². The van der Waals surface area contributed by atoms with Crippen LogP contribution >= 0.6 is 27.3 Å². The van der Waals surface area contributed by atoms with Crippen LogP contribution < -0.4 is 5.32 Å². The summed E-state index contributed by atoms with van der Waals surface area (Å²) in [4.78, 5) is 16.2. The largest absolute Gasteiger partial charge is 0.478 e. The topological polar surface area (TPSA) is 62.2 Å². The lowest BCUT2D eigenvalue weighted by atomic mass is 10.1. The maximum absolute atomic E-state index is 10.8. The molecule has 0 spiro atoms. The minimum atomic E-state index is -0.916. The van der Waals surface area contributed by atoms with E-state index in [0.29, 0.717) is 6.54 Å². The zero-order valence-corrected chi connectivity index (χ0v) is 12.7. The Kier molecular flexibility index (Phi) is 4.68. The molecule has 2 N–H and O–H groups in total. The van der Waals surface area contributed by atoms with Crippen molar-refractivity contribution in [2.75, 3.05) is 0 Å². The highest BCUT2D eigenvalue weighted by Gasteiger charge is 2.06. The number of nitrogens with one attached hydrogen (secondary N) is 1. The van der Waals surface area contributed by atoms with Gasteiger partial charge in [0.2, 0.25) is 0 Å². The van der Waals surface area contributed by atoms with Gasteiger partial charge in [0.15, 0.2) is 0 Å². The van der Waals surface area contributed by atoms with E-state index >= 15 is 0 Å². The summed E-state index contributed by atoms with van der Waals surface area (Å²) in [7, 11) is 0. The predicted molar refractivity (Wildman–Crippen MR) is 78.5 cm³/mol. The van der Waals surface area contributed by atoms with Crippen LogP contribution in [-0.2, 0) is 13.1 Å². The first-order chi connectivity index (χ1) is 9.06. The van der Waals surface area contributed by atoms with Gasteiger partial charge in [-0.3, -0.25) is 0 Å². The second-order valence-corrected chi connectivity index (χ2v) is 6.23. The SMILES string of the molecule is Cc1ncc(CNCc2ccc(C(=O)O)cc2Br)s1. The van der Waals surface area contributed by atoms with Crippen molar-refractivity contribution in [1.29, 1.82) is 0 Å². The van der Waals surface area contributed by atoms with Crippen molar-refractivity contribution in [1.82, 2.24) is 10.3 Å². The molecule has 2 rings (SSSR count). The summed E-state index contributed by atoms with van der Waals surface area (Å²) < 4.78 is 0.806. The molecule has 4 nitrogen and oxygen atoms in total. The Morgan fingerprint density at radius 3 is 2.84 bits per heavy atom. The van der Waals surface area contributed by atoms with E-state index in [1.165, 1.54) is 4.88 Å². The lowest BCUT2D eigenvalue weighted by Gasteiger charge is -2.06. The molecule has 0 radical (unpaired) electrons. The highest BCUT2D eigenvalue weighted by atomic mass is 79.9. The molecule has 0 saturated heterocycles. The van der Waals surface area contributed by atoms with Gasteiger partial charge in [-0.25, -0.2) is 9.78 Å². The fourth-order valence-electron chi connectivity index (χ4n) is 1.63. The van der Waals surface area contributed by atoms with E-state index in [-0.39, 0.29) is 5.56 Å². The van der Waals surface area contributed by atoms with E-state index < -0.39 is 5.97 Å². The average Bonchev–Trinajstić information content (AvgIpc) is 2.77. The lowest BCUT2D eigenvalue weighted by molar-refractivity contribution is 0.0697. The van der Waals surface area contributed by atoms with Gasteiger partial charge in [-0.05, 0) is 24.6 Å². The van der Waals surface area contributed by atoms with Crippen molar-refractivity contribution in [3.8, 4) is 0 Å². The molecule has 0 saturated carbocycles. The Bertz CT molecular complexity index is 598. The van der Waals surface area contributed by atoms with E-state index in [1.54, 1.807) is 23.5 Å². The number of carboxylic acid groups (broad SMARTS) is 1. The number of aromatic carboxylic acids is 1. The zero-order valence-electron chi connectivity index (χ0n) is 10.3. The summed E-state index contributed by atoms with van der Waals surface area (Å²) in [6.45, 7) is 3.42. The summed E-state index contributed by atoms with van der Waals surface area (Å²) in [5.74, 6) is -0.916. The second-order valence-electron chi connectivity index (χ2n) is 4.06. The van der Waals surface area contributed by atoms with E-state index in [1.807, 2.05) is 19.2 Å². The fraction of sp³-hybridized carbons (Fsp3) is 0.231. The van der Waals surface area contributed by atoms with Gasteiger partial charge in [-0.2, -0.15) is 0 Å². The first kappa shape index (κ1) is 14.2.